The largest absolute Gasteiger partial charge is 0.388 e. The average Bonchev–Trinajstić information content (AvgIpc) is 2.13. The van der Waals surface area contributed by atoms with Gasteiger partial charge in [0.05, 0.1) is 6.10 Å². The third-order valence-corrected chi connectivity index (χ3v) is 2.05. The van der Waals surface area contributed by atoms with E-state index in [2.05, 4.69) is 0 Å². The van der Waals surface area contributed by atoms with Crippen LogP contribution >= 0.6 is 0 Å². The van der Waals surface area contributed by atoms with Crippen LogP contribution in [0.5, 0.6) is 0 Å². The second-order valence-electron chi connectivity index (χ2n) is 3.02. The van der Waals surface area contributed by atoms with E-state index < -0.39 is 17.7 Å². The summed E-state index contributed by atoms with van der Waals surface area (Å²) in [5, 5.41) is 9.32. The van der Waals surface area contributed by atoms with Crippen LogP contribution in [0.1, 0.15) is 30.6 Å². The smallest absolute Gasteiger partial charge is 0.164 e. The zero-order chi connectivity index (χ0) is 10.0. The molecule has 0 saturated heterocycles. The van der Waals surface area contributed by atoms with Gasteiger partial charge in [0.2, 0.25) is 0 Å². The van der Waals surface area contributed by atoms with Gasteiger partial charge in [0.1, 0.15) is 0 Å². The Balaban J connectivity index is 3.18. The molecule has 0 fully saturated rings. The molecule has 0 heterocycles. The first-order valence-corrected chi connectivity index (χ1v) is 4.20. The fraction of sp³-hybridized carbons (Fsp3) is 0.400. The molecule has 0 aliphatic carbocycles. The molecule has 13 heavy (non-hydrogen) atoms. The number of aliphatic hydroxyl groups is 1. The molecule has 1 nitrogen and oxygen atoms in total. The van der Waals surface area contributed by atoms with Crippen molar-refractivity contribution in [3.8, 4) is 0 Å². The zero-order valence-corrected chi connectivity index (χ0v) is 7.64. The molecule has 1 aromatic rings. The molecule has 1 aromatic carbocycles. The van der Waals surface area contributed by atoms with E-state index in [1.54, 1.807) is 6.92 Å². The monoisotopic (exact) mass is 186 g/mol. The third-order valence-electron chi connectivity index (χ3n) is 2.05. The van der Waals surface area contributed by atoms with Crippen LogP contribution in [0.2, 0.25) is 0 Å². The second-order valence-corrected chi connectivity index (χ2v) is 3.02. The summed E-state index contributed by atoms with van der Waals surface area (Å²) in [7, 11) is 0. The highest BCUT2D eigenvalue weighted by atomic mass is 19.2. The van der Waals surface area contributed by atoms with Crippen molar-refractivity contribution in [1.29, 1.82) is 0 Å². The lowest BCUT2D eigenvalue weighted by Crippen LogP contribution is -2.02. The fourth-order valence-electron chi connectivity index (χ4n) is 1.14. The first-order valence-electron chi connectivity index (χ1n) is 4.20. The number of hydrogen-bond donors (Lipinski definition) is 1. The van der Waals surface area contributed by atoms with Crippen molar-refractivity contribution in [1.82, 2.24) is 0 Å². The van der Waals surface area contributed by atoms with Gasteiger partial charge in [0.25, 0.3) is 0 Å². The quantitative estimate of drug-likeness (QED) is 0.752. The number of halogens is 2. The molecule has 0 aliphatic rings. The van der Waals surface area contributed by atoms with E-state index in [0.717, 1.165) is 0 Å². The summed E-state index contributed by atoms with van der Waals surface area (Å²) in [5.41, 5.74) is 0.287. The summed E-state index contributed by atoms with van der Waals surface area (Å²) in [6.45, 7) is 3.20. The summed E-state index contributed by atoms with van der Waals surface area (Å²) in [4.78, 5) is 0. The maximum atomic E-state index is 13.2. The van der Waals surface area contributed by atoms with E-state index in [1.165, 1.54) is 19.1 Å². The van der Waals surface area contributed by atoms with Gasteiger partial charge in [-0.15, -0.1) is 0 Å². The minimum absolute atomic E-state index is 0.0330. The van der Waals surface area contributed by atoms with Gasteiger partial charge < -0.3 is 5.11 Å². The number of aryl methyl sites for hydroxylation is 1. The molecule has 3 heteroatoms. The van der Waals surface area contributed by atoms with Gasteiger partial charge in [-0.1, -0.05) is 19.1 Å². The van der Waals surface area contributed by atoms with Gasteiger partial charge in [0.15, 0.2) is 11.6 Å². The molecule has 0 amide bonds. The van der Waals surface area contributed by atoms with Crippen molar-refractivity contribution in [3.63, 3.8) is 0 Å². The highest BCUT2D eigenvalue weighted by molar-refractivity contribution is 5.26. The topological polar surface area (TPSA) is 20.2 Å². The minimum Gasteiger partial charge on any atom is -0.388 e. The number of aliphatic hydroxyl groups excluding tert-OH is 1. The first-order chi connectivity index (χ1) is 6.07. The third kappa shape index (κ3) is 1.86. The molecule has 0 radical (unpaired) electrons. The van der Waals surface area contributed by atoms with Crippen molar-refractivity contribution >= 4 is 0 Å². The van der Waals surface area contributed by atoms with Crippen molar-refractivity contribution < 1.29 is 13.9 Å². The summed E-state index contributed by atoms with van der Waals surface area (Å²) in [6, 6.07) is 2.88. The zero-order valence-electron chi connectivity index (χ0n) is 7.64. The predicted octanol–water partition coefficient (Wildman–Crippen LogP) is 2.72. The Kier molecular flexibility index (Phi) is 2.98. The average molecular weight is 186 g/mol. The van der Waals surface area contributed by atoms with Crippen LogP contribution in [0.25, 0.3) is 0 Å². The Morgan fingerprint density at radius 3 is 2.46 bits per heavy atom. The Hall–Kier alpha value is -0.960. The van der Waals surface area contributed by atoms with Crippen molar-refractivity contribution in [2.75, 3.05) is 0 Å². The summed E-state index contributed by atoms with van der Waals surface area (Å²) >= 11 is 0. The maximum Gasteiger partial charge on any atom is 0.164 e. The van der Waals surface area contributed by atoms with E-state index in [4.69, 9.17) is 0 Å². The molecule has 1 atom stereocenters. The number of hydrogen-bond acceptors (Lipinski definition) is 1. The van der Waals surface area contributed by atoms with E-state index >= 15 is 0 Å². The van der Waals surface area contributed by atoms with Gasteiger partial charge in [-0.25, -0.2) is 8.78 Å². The van der Waals surface area contributed by atoms with Crippen LogP contribution < -0.4 is 0 Å². The lowest BCUT2D eigenvalue weighted by Gasteiger charge is -2.10. The highest BCUT2D eigenvalue weighted by Gasteiger charge is 2.15. The summed E-state index contributed by atoms with van der Waals surface area (Å²) in [5.74, 6) is -1.81. The highest BCUT2D eigenvalue weighted by Crippen LogP contribution is 2.23. The van der Waals surface area contributed by atoms with Crippen molar-refractivity contribution in [2.24, 2.45) is 0 Å². The SMILES string of the molecule is CCC(O)c1ccc(C)c(F)c1F. The normalized spacial score (nSPS) is 13.0. The second kappa shape index (κ2) is 3.83. The molecule has 0 aromatic heterocycles. The van der Waals surface area contributed by atoms with Crippen LogP contribution in [0.3, 0.4) is 0 Å². The van der Waals surface area contributed by atoms with Crippen LogP contribution in [0, 0.1) is 18.6 Å². The molecular formula is C10H12F2O. The van der Waals surface area contributed by atoms with E-state index in [1.807, 2.05) is 0 Å². The van der Waals surface area contributed by atoms with Gasteiger partial charge in [-0.2, -0.15) is 0 Å². The molecule has 0 spiro atoms. The first kappa shape index (κ1) is 10.1. The Labute approximate surface area is 76.0 Å². The number of rotatable bonds is 2. The standard InChI is InChI=1S/C10H12F2O/c1-3-8(13)7-5-4-6(2)9(11)10(7)12/h4-5,8,13H,3H2,1-2H3. The molecule has 1 rings (SSSR count). The maximum absolute atomic E-state index is 13.2. The molecule has 0 saturated carbocycles. The van der Waals surface area contributed by atoms with E-state index in [0.29, 0.717) is 6.42 Å². The molecule has 0 aliphatic heterocycles. The van der Waals surface area contributed by atoms with E-state index in [9.17, 15) is 13.9 Å². The van der Waals surface area contributed by atoms with Crippen molar-refractivity contribution in [3.05, 3.63) is 34.9 Å². The predicted molar refractivity (Wildman–Crippen MR) is 46.3 cm³/mol. The lowest BCUT2D eigenvalue weighted by molar-refractivity contribution is 0.167. The molecule has 1 N–H and O–H groups in total. The minimum atomic E-state index is -0.936. The molecule has 1 unspecified atom stereocenters. The Morgan fingerprint density at radius 1 is 1.31 bits per heavy atom. The van der Waals surface area contributed by atoms with Crippen LogP contribution in [-0.4, -0.2) is 5.11 Å². The molecule has 72 valence electrons. The molecular weight excluding hydrogens is 174 g/mol. The Bertz CT molecular complexity index is 310. The fourth-order valence-corrected chi connectivity index (χ4v) is 1.14. The Morgan fingerprint density at radius 2 is 1.92 bits per heavy atom. The van der Waals surface area contributed by atoms with Gasteiger partial charge in [-0.05, 0) is 18.9 Å². The van der Waals surface area contributed by atoms with Crippen LogP contribution in [-0.2, 0) is 0 Å². The van der Waals surface area contributed by atoms with Gasteiger partial charge in [-0.3, -0.25) is 0 Å². The summed E-state index contributed by atoms with van der Waals surface area (Å²) in [6.07, 6.45) is -0.547. The molecule has 0 bridgehead atoms. The number of benzene rings is 1. The van der Waals surface area contributed by atoms with Gasteiger partial charge >= 0.3 is 0 Å². The lowest BCUT2D eigenvalue weighted by atomic mass is 10.0. The van der Waals surface area contributed by atoms with Crippen molar-refractivity contribution in [2.45, 2.75) is 26.4 Å². The van der Waals surface area contributed by atoms with E-state index in [-0.39, 0.29) is 11.1 Å². The van der Waals surface area contributed by atoms with Crippen LogP contribution in [0.4, 0.5) is 8.78 Å². The summed E-state index contributed by atoms with van der Waals surface area (Å²) < 4.78 is 26.2. The van der Waals surface area contributed by atoms with Crippen LogP contribution in [0.15, 0.2) is 12.1 Å². The van der Waals surface area contributed by atoms with Gasteiger partial charge in [0, 0.05) is 5.56 Å².